The zero-order valence-corrected chi connectivity index (χ0v) is 15.0. The van der Waals surface area contributed by atoms with Gasteiger partial charge in [0.2, 0.25) is 5.85 Å². The van der Waals surface area contributed by atoms with Crippen LogP contribution in [-0.2, 0) is 23.1 Å². The third-order valence-corrected chi connectivity index (χ3v) is 5.34. The summed E-state index contributed by atoms with van der Waals surface area (Å²) < 4.78 is 29.2. The van der Waals surface area contributed by atoms with Gasteiger partial charge in [-0.1, -0.05) is 17.7 Å². The molecule has 1 atom stereocenters. The summed E-state index contributed by atoms with van der Waals surface area (Å²) in [7, 11) is -3.62. The summed E-state index contributed by atoms with van der Waals surface area (Å²) in [5.74, 6) is -1.57. The second-order valence-corrected chi connectivity index (χ2v) is 7.21. The Kier molecular flexibility index (Phi) is 6.79. The van der Waals surface area contributed by atoms with Crippen LogP contribution in [0.4, 0.5) is 0 Å². The van der Waals surface area contributed by atoms with Gasteiger partial charge in [-0.3, -0.25) is 9.36 Å². The van der Waals surface area contributed by atoms with Gasteiger partial charge in [0.05, 0.1) is 13.2 Å². The van der Waals surface area contributed by atoms with Gasteiger partial charge in [0.1, 0.15) is 0 Å². The second-order valence-electron chi connectivity index (χ2n) is 5.15. The molecule has 22 heavy (non-hydrogen) atoms. The molecule has 5 nitrogen and oxygen atoms in total. The van der Waals surface area contributed by atoms with Crippen LogP contribution in [-0.4, -0.2) is 19.2 Å². The number of benzene rings is 1. The number of carbonyl (C=O) groups is 1. The summed E-state index contributed by atoms with van der Waals surface area (Å²) in [4.78, 5) is 11.5. The number of esters is 1. The standard InChI is InChI=1S/C16H25O5P/c1-7-19-22(18,20-8-2)16(21-14(6)17)15-12(4)9-11(3)10-13(15)5/h9-10,16H,7-8H2,1-6H3. The Morgan fingerprint density at radius 3 is 1.91 bits per heavy atom. The number of hydrogen-bond donors (Lipinski definition) is 0. The number of hydrogen-bond acceptors (Lipinski definition) is 5. The van der Waals surface area contributed by atoms with E-state index in [0.29, 0.717) is 5.56 Å². The van der Waals surface area contributed by atoms with E-state index in [9.17, 15) is 9.36 Å². The van der Waals surface area contributed by atoms with Crippen LogP contribution in [0.3, 0.4) is 0 Å². The summed E-state index contributed by atoms with van der Waals surface area (Å²) in [6.07, 6.45) is 0. The third kappa shape index (κ3) is 4.42. The zero-order chi connectivity index (χ0) is 16.9. The molecule has 0 bridgehead atoms. The first-order valence-corrected chi connectivity index (χ1v) is 9.00. The lowest BCUT2D eigenvalue weighted by atomic mass is 10.0. The molecule has 1 unspecified atom stereocenters. The molecule has 0 aliphatic carbocycles. The lowest BCUT2D eigenvalue weighted by Gasteiger charge is -2.28. The van der Waals surface area contributed by atoms with Crippen molar-refractivity contribution in [1.82, 2.24) is 0 Å². The number of ether oxygens (including phenoxy) is 1. The largest absolute Gasteiger partial charge is 0.445 e. The van der Waals surface area contributed by atoms with Gasteiger partial charge in [-0.15, -0.1) is 0 Å². The molecular weight excluding hydrogens is 303 g/mol. The van der Waals surface area contributed by atoms with Gasteiger partial charge >= 0.3 is 13.6 Å². The Bertz CT molecular complexity index is 549. The van der Waals surface area contributed by atoms with Crippen LogP contribution in [0, 0.1) is 20.8 Å². The Hall–Kier alpha value is -1.16. The van der Waals surface area contributed by atoms with Crippen molar-refractivity contribution in [2.75, 3.05) is 13.2 Å². The van der Waals surface area contributed by atoms with E-state index in [1.165, 1.54) is 6.92 Å². The molecule has 0 aliphatic rings. The molecule has 0 heterocycles. The Balaban J connectivity index is 3.46. The first-order chi connectivity index (χ1) is 10.2. The minimum Gasteiger partial charge on any atom is -0.445 e. The molecular formula is C16H25O5P. The SMILES string of the molecule is CCOP(=O)(OCC)C(OC(C)=O)c1c(C)cc(C)cc1C. The highest BCUT2D eigenvalue weighted by Crippen LogP contribution is 2.62. The molecule has 0 radical (unpaired) electrons. The highest BCUT2D eigenvalue weighted by atomic mass is 31.2. The lowest BCUT2D eigenvalue weighted by Crippen LogP contribution is -2.15. The van der Waals surface area contributed by atoms with Gasteiger partial charge in [-0.25, -0.2) is 0 Å². The normalized spacial score (nSPS) is 13.0. The fourth-order valence-electron chi connectivity index (χ4n) is 2.55. The van der Waals surface area contributed by atoms with Crippen molar-refractivity contribution >= 4 is 13.6 Å². The van der Waals surface area contributed by atoms with Crippen LogP contribution in [0.2, 0.25) is 0 Å². The highest BCUT2D eigenvalue weighted by molar-refractivity contribution is 7.54. The monoisotopic (exact) mass is 328 g/mol. The zero-order valence-electron chi connectivity index (χ0n) is 14.1. The first-order valence-electron chi connectivity index (χ1n) is 7.38. The molecule has 0 saturated heterocycles. The van der Waals surface area contributed by atoms with Crippen molar-refractivity contribution in [3.05, 3.63) is 34.4 Å². The number of aryl methyl sites for hydroxylation is 3. The van der Waals surface area contributed by atoms with Crippen LogP contribution in [0.5, 0.6) is 0 Å². The van der Waals surface area contributed by atoms with Crippen molar-refractivity contribution in [2.24, 2.45) is 0 Å². The maximum atomic E-state index is 13.1. The van der Waals surface area contributed by atoms with Crippen LogP contribution >= 0.6 is 7.60 Å². The van der Waals surface area contributed by atoms with E-state index in [1.54, 1.807) is 13.8 Å². The molecule has 1 aromatic rings. The fraction of sp³-hybridized carbons (Fsp3) is 0.562. The molecule has 0 amide bonds. The van der Waals surface area contributed by atoms with Crippen molar-refractivity contribution in [3.63, 3.8) is 0 Å². The fourth-order valence-corrected chi connectivity index (χ4v) is 4.62. The summed E-state index contributed by atoms with van der Waals surface area (Å²) >= 11 is 0. The Morgan fingerprint density at radius 1 is 1.09 bits per heavy atom. The van der Waals surface area contributed by atoms with E-state index in [1.807, 2.05) is 32.9 Å². The average molecular weight is 328 g/mol. The highest BCUT2D eigenvalue weighted by Gasteiger charge is 2.41. The Labute approximate surface area is 132 Å². The maximum absolute atomic E-state index is 13.1. The van der Waals surface area contributed by atoms with E-state index in [4.69, 9.17) is 13.8 Å². The van der Waals surface area contributed by atoms with Gasteiger partial charge in [-0.2, -0.15) is 0 Å². The van der Waals surface area contributed by atoms with E-state index in [0.717, 1.165) is 16.7 Å². The number of carbonyl (C=O) groups excluding carboxylic acids is 1. The molecule has 0 N–H and O–H groups in total. The van der Waals surface area contributed by atoms with Gasteiger partial charge in [0.15, 0.2) is 0 Å². The van der Waals surface area contributed by atoms with Crippen molar-refractivity contribution in [3.8, 4) is 0 Å². The lowest BCUT2D eigenvalue weighted by molar-refractivity contribution is -0.144. The molecule has 0 aliphatic heterocycles. The summed E-state index contributed by atoms with van der Waals surface area (Å²) in [6.45, 7) is 10.9. The van der Waals surface area contributed by atoms with Crippen LogP contribution < -0.4 is 0 Å². The minimum atomic E-state index is -3.62. The maximum Gasteiger partial charge on any atom is 0.375 e. The molecule has 1 rings (SSSR count). The van der Waals surface area contributed by atoms with Gasteiger partial charge in [0, 0.05) is 12.5 Å². The molecule has 0 saturated carbocycles. The van der Waals surface area contributed by atoms with E-state index < -0.39 is 19.4 Å². The summed E-state index contributed by atoms with van der Waals surface area (Å²) in [5.41, 5.74) is 3.56. The summed E-state index contributed by atoms with van der Waals surface area (Å²) in [5, 5.41) is 0. The Morgan fingerprint density at radius 2 is 1.55 bits per heavy atom. The van der Waals surface area contributed by atoms with E-state index in [-0.39, 0.29) is 13.2 Å². The summed E-state index contributed by atoms with van der Waals surface area (Å²) in [6, 6.07) is 3.92. The van der Waals surface area contributed by atoms with Crippen LogP contribution in [0.25, 0.3) is 0 Å². The van der Waals surface area contributed by atoms with E-state index in [2.05, 4.69) is 0 Å². The smallest absolute Gasteiger partial charge is 0.375 e. The van der Waals surface area contributed by atoms with Crippen LogP contribution in [0.15, 0.2) is 12.1 Å². The first kappa shape index (κ1) is 18.9. The molecule has 124 valence electrons. The second kappa shape index (κ2) is 7.91. The molecule has 0 fully saturated rings. The average Bonchev–Trinajstić information content (AvgIpc) is 2.36. The number of rotatable bonds is 7. The third-order valence-electron chi connectivity index (χ3n) is 3.17. The van der Waals surface area contributed by atoms with Gasteiger partial charge < -0.3 is 13.8 Å². The van der Waals surface area contributed by atoms with E-state index >= 15 is 0 Å². The van der Waals surface area contributed by atoms with Gasteiger partial charge in [-0.05, 0) is 45.7 Å². The van der Waals surface area contributed by atoms with Gasteiger partial charge in [0.25, 0.3) is 0 Å². The molecule has 6 heteroatoms. The molecule has 0 spiro atoms. The van der Waals surface area contributed by atoms with Crippen LogP contribution in [0.1, 0.15) is 48.9 Å². The molecule has 0 aromatic heterocycles. The predicted molar refractivity (Wildman–Crippen MR) is 86.0 cm³/mol. The van der Waals surface area contributed by atoms with Crippen molar-refractivity contribution in [1.29, 1.82) is 0 Å². The molecule has 1 aromatic carbocycles. The topological polar surface area (TPSA) is 61.8 Å². The quantitative estimate of drug-likeness (QED) is 0.547. The van der Waals surface area contributed by atoms with Crippen molar-refractivity contribution < 1.29 is 23.1 Å². The van der Waals surface area contributed by atoms with Crippen molar-refractivity contribution in [2.45, 2.75) is 47.4 Å². The minimum absolute atomic E-state index is 0.207. The predicted octanol–water partition coefficient (Wildman–Crippen LogP) is 4.44.